The van der Waals surface area contributed by atoms with E-state index in [4.69, 9.17) is 9.47 Å². The molecule has 4 rings (SSSR count). The van der Waals surface area contributed by atoms with E-state index in [1.54, 1.807) is 0 Å². The fraction of sp³-hybridized carbons (Fsp3) is 0.0645. The van der Waals surface area contributed by atoms with E-state index in [1.165, 1.54) is 20.3 Å². The lowest BCUT2D eigenvalue weighted by Crippen LogP contribution is -2.21. The highest BCUT2D eigenvalue weighted by Crippen LogP contribution is 2.61. The SMILES string of the molecule is COC(=O)C(/C=C(/O)OC)=C(P(c1ccccc1)c1ccccc1)P(c1ccccc1)c1ccccc1. The van der Waals surface area contributed by atoms with Gasteiger partial charge in [-0.2, -0.15) is 0 Å². The van der Waals surface area contributed by atoms with Gasteiger partial charge in [-0.25, -0.2) is 4.79 Å². The Hall–Kier alpha value is -3.71. The highest BCUT2D eigenvalue weighted by Gasteiger charge is 2.33. The highest BCUT2D eigenvalue weighted by atomic mass is 31.2. The fourth-order valence-corrected chi connectivity index (χ4v) is 10.4. The van der Waals surface area contributed by atoms with Crippen molar-refractivity contribution >= 4 is 43.0 Å². The van der Waals surface area contributed by atoms with Crippen LogP contribution in [0.2, 0.25) is 0 Å². The Kier molecular flexibility index (Phi) is 9.27. The van der Waals surface area contributed by atoms with Crippen molar-refractivity contribution in [3.8, 4) is 0 Å². The van der Waals surface area contributed by atoms with Crippen molar-refractivity contribution in [2.75, 3.05) is 14.2 Å². The highest BCUT2D eigenvalue weighted by molar-refractivity contribution is 7.95. The number of methoxy groups -OCH3 is 2. The standard InChI is InChI=1S/C31H28O4P2/c1-34-29(32)23-28(30(33)35-2)31(36(24-15-7-3-8-16-24)25-17-9-4-10-18-25)37(26-19-11-5-12-20-26)27-21-13-6-14-22-27/h3-23,32H,1-2H3/b29-23-. The van der Waals surface area contributed by atoms with E-state index in [0.29, 0.717) is 5.57 Å². The molecular formula is C31H28O4P2. The second kappa shape index (κ2) is 13.0. The summed E-state index contributed by atoms with van der Waals surface area (Å²) >= 11 is 0. The molecule has 186 valence electrons. The minimum atomic E-state index is -1.22. The molecule has 0 aliphatic rings. The minimum Gasteiger partial charge on any atom is -0.481 e. The molecule has 0 spiro atoms. The molecule has 0 heterocycles. The number of hydrogen-bond donors (Lipinski definition) is 1. The molecule has 0 unspecified atom stereocenters. The molecule has 0 saturated carbocycles. The number of carbonyl (C=O) groups excluding carboxylic acids is 1. The third-order valence-corrected chi connectivity index (χ3v) is 11.4. The molecular weight excluding hydrogens is 498 g/mol. The van der Waals surface area contributed by atoms with Gasteiger partial charge in [0.15, 0.2) is 0 Å². The molecule has 0 atom stereocenters. The molecule has 0 saturated heterocycles. The van der Waals surface area contributed by atoms with Gasteiger partial charge in [-0.1, -0.05) is 121 Å². The zero-order chi connectivity index (χ0) is 26.0. The van der Waals surface area contributed by atoms with Crippen molar-refractivity contribution in [3.05, 3.63) is 144 Å². The van der Waals surface area contributed by atoms with Gasteiger partial charge >= 0.3 is 5.97 Å². The van der Waals surface area contributed by atoms with E-state index in [2.05, 4.69) is 48.5 Å². The van der Waals surface area contributed by atoms with Crippen LogP contribution in [0.1, 0.15) is 0 Å². The van der Waals surface area contributed by atoms with Crippen LogP contribution >= 0.6 is 15.8 Å². The predicted molar refractivity (Wildman–Crippen MR) is 155 cm³/mol. The van der Waals surface area contributed by atoms with E-state index in [1.807, 2.05) is 72.8 Å². The lowest BCUT2D eigenvalue weighted by atomic mass is 10.3. The summed E-state index contributed by atoms with van der Waals surface area (Å²) in [6.07, 6.45) is 1.39. The topological polar surface area (TPSA) is 55.8 Å². The Balaban J connectivity index is 2.16. The van der Waals surface area contributed by atoms with Gasteiger partial charge in [0, 0.05) is 11.1 Å². The second-order valence-electron chi connectivity index (χ2n) is 7.93. The largest absolute Gasteiger partial charge is 0.481 e. The third kappa shape index (κ3) is 6.35. The molecule has 0 bridgehead atoms. The zero-order valence-electron chi connectivity index (χ0n) is 20.7. The molecule has 0 fully saturated rings. The molecule has 4 aromatic carbocycles. The fourth-order valence-electron chi connectivity index (χ4n) is 3.94. The van der Waals surface area contributed by atoms with Crippen molar-refractivity contribution in [2.24, 2.45) is 0 Å². The van der Waals surface area contributed by atoms with Crippen LogP contribution in [0, 0.1) is 0 Å². The van der Waals surface area contributed by atoms with Crippen LogP contribution in [0.4, 0.5) is 0 Å². The van der Waals surface area contributed by atoms with Gasteiger partial charge in [0.1, 0.15) is 0 Å². The molecule has 0 amide bonds. The molecule has 0 aliphatic carbocycles. The van der Waals surface area contributed by atoms with Crippen molar-refractivity contribution in [3.63, 3.8) is 0 Å². The van der Waals surface area contributed by atoms with E-state index >= 15 is 0 Å². The predicted octanol–water partition coefficient (Wildman–Crippen LogP) is 5.68. The van der Waals surface area contributed by atoms with Gasteiger partial charge in [0.25, 0.3) is 5.95 Å². The first-order valence-corrected chi connectivity index (χ1v) is 14.4. The Bertz CT molecular complexity index is 1190. The molecule has 6 heteroatoms. The van der Waals surface area contributed by atoms with E-state index in [-0.39, 0.29) is 5.95 Å². The second-order valence-corrected chi connectivity index (χ2v) is 12.6. The lowest BCUT2D eigenvalue weighted by molar-refractivity contribution is -0.135. The zero-order valence-corrected chi connectivity index (χ0v) is 22.5. The van der Waals surface area contributed by atoms with Gasteiger partial charge in [-0.05, 0) is 37.1 Å². The smallest absolute Gasteiger partial charge is 0.338 e. The first-order chi connectivity index (χ1) is 18.1. The summed E-state index contributed by atoms with van der Waals surface area (Å²) in [5.41, 5.74) is 0.291. The van der Waals surface area contributed by atoms with Crippen LogP contribution in [-0.2, 0) is 14.3 Å². The number of aliphatic hydroxyl groups is 1. The maximum absolute atomic E-state index is 13.5. The summed E-state index contributed by atoms with van der Waals surface area (Å²) in [7, 11) is 0.294. The Morgan fingerprint density at radius 2 is 0.919 bits per heavy atom. The summed E-state index contributed by atoms with van der Waals surface area (Å²) in [6.45, 7) is 0. The number of esters is 1. The summed E-state index contributed by atoms with van der Waals surface area (Å²) in [5, 5.41) is 15.7. The number of aliphatic hydroxyl groups excluding tert-OH is 1. The summed E-state index contributed by atoms with van der Waals surface area (Å²) < 4.78 is 10.4. The lowest BCUT2D eigenvalue weighted by Gasteiger charge is -2.31. The average molecular weight is 527 g/mol. The van der Waals surface area contributed by atoms with Crippen LogP contribution in [0.3, 0.4) is 0 Å². The summed E-state index contributed by atoms with van der Waals surface area (Å²) in [4.78, 5) is 13.5. The molecule has 0 radical (unpaired) electrons. The average Bonchev–Trinajstić information content (AvgIpc) is 2.97. The summed E-state index contributed by atoms with van der Waals surface area (Å²) in [5.74, 6) is -0.887. The van der Waals surface area contributed by atoms with E-state index in [9.17, 15) is 9.90 Å². The Morgan fingerprint density at radius 3 is 1.19 bits per heavy atom. The van der Waals surface area contributed by atoms with Gasteiger partial charge < -0.3 is 14.6 Å². The number of ether oxygens (including phenoxy) is 2. The van der Waals surface area contributed by atoms with Gasteiger partial charge in [0.05, 0.1) is 19.8 Å². The molecule has 4 aromatic rings. The number of hydrogen-bond acceptors (Lipinski definition) is 4. The third-order valence-electron chi connectivity index (χ3n) is 5.60. The van der Waals surface area contributed by atoms with Crippen molar-refractivity contribution < 1.29 is 19.4 Å². The van der Waals surface area contributed by atoms with Crippen molar-refractivity contribution in [1.82, 2.24) is 0 Å². The summed E-state index contributed by atoms with van der Waals surface area (Å²) in [6, 6.07) is 40.8. The van der Waals surface area contributed by atoms with Crippen LogP contribution < -0.4 is 21.2 Å². The normalized spacial score (nSPS) is 11.3. The van der Waals surface area contributed by atoms with Crippen LogP contribution in [0.5, 0.6) is 0 Å². The quantitative estimate of drug-likeness (QED) is 0.100. The van der Waals surface area contributed by atoms with Crippen molar-refractivity contribution in [2.45, 2.75) is 0 Å². The first-order valence-electron chi connectivity index (χ1n) is 11.7. The number of benzene rings is 4. The van der Waals surface area contributed by atoms with Gasteiger partial charge in [-0.15, -0.1) is 0 Å². The maximum Gasteiger partial charge on any atom is 0.338 e. The Labute approximate surface area is 220 Å². The molecule has 0 aliphatic heterocycles. The van der Waals surface area contributed by atoms with Gasteiger partial charge in [-0.3, -0.25) is 0 Å². The van der Waals surface area contributed by atoms with Crippen LogP contribution in [0.25, 0.3) is 0 Å². The number of rotatable bonds is 9. The maximum atomic E-state index is 13.5. The molecule has 1 N–H and O–H groups in total. The Morgan fingerprint density at radius 1 is 0.595 bits per heavy atom. The van der Waals surface area contributed by atoms with E-state index in [0.717, 1.165) is 26.3 Å². The van der Waals surface area contributed by atoms with E-state index < -0.39 is 21.8 Å². The van der Waals surface area contributed by atoms with Gasteiger partial charge in [0.2, 0.25) is 0 Å². The first kappa shape index (κ1) is 26.4. The minimum absolute atomic E-state index is 0.291. The van der Waals surface area contributed by atoms with Crippen LogP contribution in [-0.4, -0.2) is 25.3 Å². The molecule has 4 nitrogen and oxygen atoms in total. The van der Waals surface area contributed by atoms with Crippen LogP contribution in [0.15, 0.2) is 144 Å². The van der Waals surface area contributed by atoms with Crippen molar-refractivity contribution in [1.29, 1.82) is 0 Å². The monoisotopic (exact) mass is 526 g/mol. The molecule has 37 heavy (non-hydrogen) atoms. The molecule has 0 aromatic heterocycles. The number of carbonyl (C=O) groups is 1.